The van der Waals surface area contributed by atoms with Crippen molar-refractivity contribution in [2.24, 2.45) is 0 Å². The number of thiophene rings is 1. The lowest BCUT2D eigenvalue weighted by atomic mass is 10.1. The lowest BCUT2D eigenvalue weighted by Crippen LogP contribution is -2.21. The molecule has 1 N–H and O–H groups in total. The molecule has 3 heteroatoms. The minimum absolute atomic E-state index is 0.466. The van der Waals surface area contributed by atoms with Gasteiger partial charge >= 0.3 is 0 Å². The van der Waals surface area contributed by atoms with Crippen LogP contribution in [-0.4, -0.2) is 11.0 Å². The molecule has 1 atom stereocenters. The Bertz CT molecular complexity index is 397. The highest BCUT2D eigenvalue weighted by Crippen LogP contribution is 2.15. The van der Waals surface area contributed by atoms with E-state index in [1.807, 2.05) is 35.7 Å². The van der Waals surface area contributed by atoms with E-state index in [0.717, 1.165) is 18.7 Å². The van der Waals surface area contributed by atoms with Crippen LogP contribution in [0.4, 0.5) is 5.82 Å². The summed E-state index contributed by atoms with van der Waals surface area (Å²) in [5.74, 6) is 0.964. The first-order valence-electron chi connectivity index (χ1n) is 5.58. The van der Waals surface area contributed by atoms with E-state index in [4.69, 9.17) is 0 Å². The molecule has 1 unspecified atom stereocenters. The van der Waals surface area contributed by atoms with E-state index >= 15 is 0 Å². The molecule has 0 spiro atoms. The Hall–Kier alpha value is -1.35. The third-order valence-corrected chi connectivity index (χ3v) is 3.44. The van der Waals surface area contributed by atoms with E-state index in [9.17, 15) is 0 Å². The molecular weight excluding hydrogens is 216 g/mol. The summed E-state index contributed by atoms with van der Waals surface area (Å²) in [6.45, 7) is 2.20. The first-order valence-corrected chi connectivity index (χ1v) is 6.46. The minimum atomic E-state index is 0.466. The van der Waals surface area contributed by atoms with Crippen LogP contribution in [0.25, 0.3) is 0 Å². The van der Waals surface area contributed by atoms with Gasteiger partial charge in [0.15, 0.2) is 0 Å². The van der Waals surface area contributed by atoms with Crippen LogP contribution < -0.4 is 5.32 Å². The van der Waals surface area contributed by atoms with Gasteiger partial charge in [0.1, 0.15) is 5.82 Å². The zero-order valence-electron chi connectivity index (χ0n) is 9.39. The van der Waals surface area contributed by atoms with Crippen molar-refractivity contribution in [2.75, 3.05) is 5.32 Å². The number of hydrogen-bond donors (Lipinski definition) is 1. The summed E-state index contributed by atoms with van der Waals surface area (Å²) < 4.78 is 0. The van der Waals surface area contributed by atoms with Crippen LogP contribution in [0.1, 0.15) is 18.2 Å². The zero-order chi connectivity index (χ0) is 11.2. The fourth-order valence-corrected chi connectivity index (χ4v) is 2.41. The van der Waals surface area contributed by atoms with Crippen molar-refractivity contribution < 1.29 is 0 Å². The summed E-state index contributed by atoms with van der Waals surface area (Å²) >= 11 is 1.82. The third-order valence-electron chi connectivity index (χ3n) is 2.54. The van der Waals surface area contributed by atoms with Crippen molar-refractivity contribution in [3.8, 4) is 0 Å². The van der Waals surface area contributed by atoms with Gasteiger partial charge in [-0.1, -0.05) is 19.1 Å². The Kier molecular flexibility index (Phi) is 3.94. The molecule has 0 bridgehead atoms. The van der Waals surface area contributed by atoms with Gasteiger partial charge < -0.3 is 5.32 Å². The van der Waals surface area contributed by atoms with Crippen LogP contribution in [0, 0.1) is 0 Å². The van der Waals surface area contributed by atoms with Crippen molar-refractivity contribution in [2.45, 2.75) is 25.8 Å². The standard InChI is InChI=1S/C13H16N2S/c1-2-11(10-12-6-5-9-16-12)15-13-7-3-4-8-14-13/h3-9,11H,2,10H2,1H3,(H,14,15). The number of hydrogen-bond acceptors (Lipinski definition) is 3. The molecule has 2 nitrogen and oxygen atoms in total. The van der Waals surface area contributed by atoms with Crippen LogP contribution in [-0.2, 0) is 6.42 Å². The summed E-state index contributed by atoms with van der Waals surface area (Å²) in [6, 6.07) is 10.7. The molecule has 2 heterocycles. The largest absolute Gasteiger partial charge is 0.367 e. The monoisotopic (exact) mass is 232 g/mol. The van der Waals surface area contributed by atoms with Gasteiger partial charge in [-0.15, -0.1) is 11.3 Å². The van der Waals surface area contributed by atoms with Gasteiger partial charge in [0.05, 0.1) is 0 Å². The zero-order valence-corrected chi connectivity index (χ0v) is 10.2. The van der Waals surface area contributed by atoms with Crippen molar-refractivity contribution >= 4 is 17.2 Å². The molecular formula is C13H16N2S. The van der Waals surface area contributed by atoms with Crippen LogP contribution >= 0.6 is 11.3 Å². The summed E-state index contributed by atoms with van der Waals surface area (Å²) in [5, 5.41) is 5.59. The highest BCUT2D eigenvalue weighted by molar-refractivity contribution is 7.09. The molecule has 0 aliphatic heterocycles. The molecule has 84 valence electrons. The molecule has 0 aliphatic carbocycles. The minimum Gasteiger partial charge on any atom is -0.367 e. The van der Waals surface area contributed by atoms with Crippen LogP contribution in [0.15, 0.2) is 41.9 Å². The topological polar surface area (TPSA) is 24.9 Å². The van der Waals surface area contributed by atoms with E-state index in [0.29, 0.717) is 6.04 Å². The normalized spacial score (nSPS) is 12.3. The first-order chi connectivity index (χ1) is 7.88. The maximum absolute atomic E-state index is 4.29. The highest BCUT2D eigenvalue weighted by Gasteiger charge is 2.08. The van der Waals surface area contributed by atoms with Crippen molar-refractivity contribution in [3.05, 3.63) is 46.8 Å². The van der Waals surface area contributed by atoms with Crippen LogP contribution in [0.5, 0.6) is 0 Å². The Balaban J connectivity index is 1.96. The predicted molar refractivity (Wildman–Crippen MR) is 70.0 cm³/mol. The molecule has 2 rings (SSSR count). The summed E-state index contributed by atoms with van der Waals surface area (Å²) in [4.78, 5) is 5.71. The third kappa shape index (κ3) is 3.07. The number of anilines is 1. The van der Waals surface area contributed by atoms with E-state index < -0.39 is 0 Å². The van der Waals surface area contributed by atoms with E-state index in [1.54, 1.807) is 0 Å². The molecule has 0 aliphatic rings. The summed E-state index contributed by atoms with van der Waals surface area (Å²) in [6.07, 6.45) is 4.00. The molecule has 0 saturated carbocycles. The van der Waals surface area contributed by atoms with E-state index in [1.165, 1.54) is 4.88 Å². The van der Waals surface area contributed by atoms with Gasteiger partial charge in [-0.25, -0.2) is 4.98 Å². The molecule has 0 amide bonds. The average molecular weight is 232 g/mol. The maximum atomic E-state index is 4.29. The number of nitrogens with one attached hydrogen (secondary N) is 1. The Morgan fingerprint density at radius 3 is 2.88 bits per heavy atom. The van der Waals surface area contributed by atoms with Crippen LogP contribution in [0.3, 0.4) is 0 Å². The highest BCUT2D eigenvalue weighted by atomic mass is 32.1. The van der Waals surface area contributed by atoms with Gasteiger partial charge in [-0.3, -0.25) is 0 Å². The quantitative estimate of drug-likeness (QED) is 0.852. The molecule has 0 aromatic carbocycles. The van der Waals surface area contributed by atoms with Gasteiger partial charge in [0.25, 0.3) is 0 Å². The SMILES string of the molecule is CCC(Cc1cccs1)Nc1ccccn1. The first kappa shape index (κ1) is 11.1. The van der Waals surface area contributed by atoms with Gasteiger partial charge in [-0.05, 0) is 30.0 Å². The van der Waals surface area contributed by atoms with Crippen molar-refractivity contribution in [3.63, 3.8) is 0 Å². The Morgan fingerprint density at radius 2 is 2.25 bits per heavy atom. The fourth-order valence-electron chi connectivity index (χ4n) is 1.63. The Morgan fingerprint density at radius 1 is 1.31 bits per heavy atom. The van der Waals surface area contributed by atoms with Crippen molar-refractivity contribution in [1.29, 1.82) is 0 Å². The second kappa shape index (κ2) is 5.66. The summed E-state index contributed by atoms with van der Waals surface area (Å²) in [7, 11) is 0. The van der Waals surface area contributed by atoms with E-state index in [2.05, 4.69) is 34.7 Å². The second-order valence-corrected chi connectivity index (χ2v) is 4.78. The second-order valence-electron chi connectivity index (χ2n) is 3.75. The fraction of sp³-hybridized carbons (Fsp3) is 0.308. The predicted octanol–water partition coefficient (Wildman–Crippen LogP) is 3.58. The number of rotatable bonds is 5. The molecule has 2 aromatic heterocycles. The molecule has 0 radical (unpaired) electrons. The lowest BCUT2D eigenvalue weighted by molar-refractivity contribution is 0.693. The van der Waals surface area contributed by atoms with Gasteiger partial charge in [0, 0.05) is 23.5 Å². The van der Waals surface area contributed by atoms with E-state index in [-0.39, 0.29) is 0 Å². The van der Waals surface area contributed by atoms with Gasteiger partial charge in [0.2, 0.25) is 0 Å². The number of pyridine rings is 1. The van der Waals surface area contributed by atoms with Crippen LogP contribution in [0.2, 0.25) is 0 Å². The molecule has 0 saturated heterocycles. The molecule has 0 fully saturated rings. The Labute approximate surface area is 100 Å². The number of aromatic nitrogens is 1. The molecule has 2 aromatic rings. The van der Waals surface area contributed by atoms with Gasteiger partial charge in [-0.2, -0.15) is 0 Å². The lowest BCUT2D eigenvalue weighted by Gasteiger charge is -2.16. The van der Waals surface area contributed by atoms with Crippen molar-refractivity contribution in [1.82, 2.24) is 4.98 Å². The average Bonchev–Trinajstić information content (AvgIpc) is 2.82. The maximum Gasteiger partial charge on any atom is 0.126 e. The summed E-state index contributed by atoms with van der Waals surface area (Å²) in [5.41, 5.74) is 0. The molecule has 16 heavy (non-hydrogen) atoms. The number of nitrogens with zero attached hydrogens (tertiary/aromatic N) is 1. The smallest absolute Gasteiger partial charge is 0.126 e.